The van der Waals surface area contributed by atoms with Gasteiger partial charge in [0.2, 0.25) is 0 Å². The fraction of sp³-hybridized carbons (Fsp3) is 0. The lowest BCUT2D eigenvalue weighted by Gasteiger charge is -2.01. The van der Waals surface area contributed by atoms with Crippen molar-refractivity contribution in [2.24, 2.45) is 0 Å². The average Bonchev–Trinajstić information content (AvgIpc) is 2.15. The van der Waals surface area contributed by atoms with Gasteiger partial charge in [-0.15, -0.1) is 0 Å². The van der Waals surface area contributed by atoms with Crippen LogP contribution in [-0.4, -0.2) is 10.1 Å². The van der Waals surface area contributed by atoms with E-state index in [0.717, 1.165) is 0 Å². The number of fused-ring (bicyclic) bond motifs is 1. The van der Waals surface area contributed by atoms with Gasteiger partial charge in [0.1, 0.15) is 10.8 Å². The third kappa shape index (κ3) is 1.24. The van der Waals surface area contributed by atoms with Gasteiger partial charge >= 0.3 is 0 Å². The first-order valence-corrected chi connectivity index (χ1v) is 4.17. The van der Waals surface area contributed by atoms with Crippen molar-refractivity contribution in [2.45, 2.75) is 0 Å². The largest absolute Gasteiger partial charge is 0.503 e. The number of aromatic amines is 1. The first-order valence-electron chi connectivity index (χ1n) is 3.79. The number of benzene rings is 1. The van der Waals surface area contributed by atoms with Gasteiger partial charge in [0.05, 0.1) is 5.52 Å². The van der Waals surface area contributed by atoms with Gasteiger partial charge in [0.15, 0.2) is 5.75 Å². The lowest BCUT2D eigenvalue weighted by atomic mass is 10.2. The molecule has 0 saturated carbocycles. The van der Waals surface area contributed by atoms with Gasteiger partial charge in [-0.05, 0) is 18.2 Å². The summed E-state index contributed by atoms with van der Waals surface area (Å²) in [6.45, 7) is 0. The fourth-order valence-electron chi connectivity index (χ4n) is 1.20. The molecule has 1 aromatic carbocycles. The van der Waals surface area contributed by atoms with Gasteiger partial charge in [-0.25, -0.2) is 4.39 Å². The monoisotopic (exact) mass is 213 g/mol. The van der Waals surface area contributed by atoms with Crippen molar-refractivity contribution in [3.05, 3.63) is 39.4 Å². The molecule has 2 N–H and O–H groups in total. The summed E-state index contributed by atoms with van der Waals surface area (Å²) in [4.78, 5) is 13.3. The SMILES string of the molecule is O=c1[nH]c2c(Cl)c(F)ccc2cc1O. The Balaban J connectivity index is 2.97. The predicted molar refractivity (Wildman–Crippen MR) is 51.2 cm³/mol. The van der Waals surface area contributed by atoms with Crippen molar-refractivity contribution >= 4 is 22.5 Å². The second-order valence-corrected chi connectivity index (χ2v) is 3.19. The van der Waals surface area contributed by atoms with Crippen LogP contribution in [0.5, 0.6) is 5.75 Å². The average molecular weight is 214 g/mol. The van der Waals surface area contributed by atoms with Gasteiger partial charge in [0, 0.05) is 5.39 Å². The Hall–Kier alpha value is -1.55. The fourth-order valence-corrected chi connectivity index (χ4v) is 1.42. The Kier molecular flexibility index (Phi) is 1.93. The number of hydrogen-bond acceptors (Lipinski definition) is 2. The number of rotatable bonds is 0. The molecule has 0 saturated heterocycles. The summed E-state index contributed by atoms with van der Waals surface area (Å²) in [6.07, 6.45) is 0. The van der Waals surface area contributed by atoms with Crippen LogP contribution < -0.4 is 5.56 Å². The molecule has 2 rings (SSSR count). The van der Waals surface area contributed by atoms with Gasteiger partial charge in [-0.1, -0.05) is 11.6 Å². The van der Waals surface area contributed by atoms with Gasteiger partial charge in [-0.2, -0.15) is 0 Å². The van der Waals surface area contributed by atoms with Gasteiger partial charge < -0.3 is 10.1 Å². The second-order valence-electron chi connectivity index (χ2n) is 2.81. The highest BCUT2D eigenvalue weighted by atomic mass is 35.5. The highest BCUT2D eigenvalue weighted by molar-refractivity contribution is 6.35. The van der Waals surface area contributed by atoms with Gasteiger partial charge in [-0.3, -0.25) is 4.79 Å². The molecule has 72 valence electrons. The summed E-state index contributed by atoms with van der Waals surface area (Å²) in [5.41, 5.74) is -0.500. The topological polar surface area (TPSA) is 53.1 Å². The van der Waals surface area contributed by atoms with Crippen LogP contribution in [0.4, 0.5) is 4.39 Å². The van der Waals surface area contributed by atoms with E-state index in [1.165, 1.54) is 18.2 Å². The minimum atomic E-state index is -0.690. The zero-order valence-electron chi connectivity index (χ0n) is 6.84. The van der Waals surface area contributed by atoms with Crippen LogP contribution in [0.1, 0.15) is 0 Å². The maximum Gasteiger partial charge on any atom is 0.290 e. The second kappa shape index (κ2) is 2.99. The lowest BCUT2D eigenvalue weighted by molar-refractivity contribution is 0.468. The van der Waals surface area contributed by atoms with Crippen molar-refractivity contribution in [1.82, 2.24) is 4.98 Å². The minimum absolute atomic E-state index is 0.153. The third-order valence-electron chi connectivity index (χ3n) is 1.89. The maximum absolute atomic E-state index is 13.0. The molecule has 1 heterocycles. The number of aromatic hydroxyl groups is 1. The molecule has 0 aliphatic carbocycles. The van der Waals surface area contributed by atoms with E-state index in [0.29, 0.717) is 5.39 Å². The minimum Gasteiger partial charge on any atom is -0.503 e. The van der Waals surface area contributed by atoms with E-state index < -0.39 is 17.1 Å². The molecule has 14 heavy (non-hydrogen) atoms. The molecule has 0 atom stereocenters. The highest BCUT2D eigenvalue weighted by Crippen LogP contribution is 2.24. The Morgan fingerprint density at radius 3 is 2.86 bits per heavy atom. The number of pyridine rings is 1. The van der Waals surface area contributed by atoms with Gasteiger partial charge in [0.25, 0.3) is 5.56 Å². The summed E-state index contributed by atoms with van der Waals surface area (Å²) in [5.74, 6) is -1.03. The molecule has 1 aromatic heterocycles. The molecule has 0 bridgehead atoms. The van der Waals surface area contributed by atoms with E-state index in [-0.39, 0.29) is 10.5 Å². The Morgan fingerprint density at radius 1 is 1.43 bits per heavy atom. The molecule has 2 aromatic rings. The molecule has 0 aliphatic heterocycles. The Labute approximate surface area is 82.8 Å². The number of halogens is 2. The molecule has 0 unspecified atom stereocenters. The third-order valence-corrected chi connectivity index (χ3v) is 2.26. The van der Waals surface area contributed by atoms with Crippen LogP contribution in [0.3, 0.4) is 0 Å². The number of H-pyrrole nitrogens is 1. The number of hydrogen-bond donors (Lipinski definition) is 2. The normalized spacial score (nSPS) is 10.7. The summed E-state index contributed by atoms with van der Waals surface area (Å²) in [7, 11) is 0. The van der Waals surface area contributed by atoms with Crippen LogP contribution in [0.15, 0.2) is 23.0 Å². The first kappa shape index (κ1) is 9.02. The molecule has 0 aliphatic rings. The molecule has 5 heteroatoms. The zero-order chi connectivity index (χ0) is 10.3. The summed E-state index contributed by atoms with van der Waals surface area (Å²) in [5, 5.41) is 9.42. The predicted octanol–water partition coefficient (Wildman–Crippen LogP) is 2.03. The van der Waals surface area contributed by atoms with E-state index in [9.17, 15) is 9.18 Å². The van der Waals surface area contributed by atoms with E-state index in [2.05, 4.69) is 4.98 Å². The molecular formula is C9H5ClFNO2. The summed E-state index contributed by atoms with van der Waals surface area (Å²) >= 11 is 5.62. The van der Waals surface area contributed by atoms with Crippen molar-refractivity contribution in [3.8, 4) is 5.75 Å². The Morgan fingerprint density at radius 2 is 2.14 bits per heavy atom. The maximum atomic E-state index is 13.0. The van der Waals surface area contributed by atoms with Crippen LogP contribution in [0.25, 0.3) is 10.9 Å². The summed E-state index contributed by atoms with van der Waals surface area (Å²) < 4.78 is 13.0. The first-order chi connectivity index (χ1) is 6.59. The molecular weight excluding hydrogens is 209 g/mol. The zero-order valence-corrected chi connectivity index (χ0v) is 7.60. The quantitative estimate of drug-likeness (QED) is 0.704. The van der Waals surface area contributed by atoms with Crippen molar-refractivity contribution < 1.29 is 9.50 Å². The van der Waals surface area contributed by atoms with E-state index >= 15 is 0 Å². The van der Waals surface area contributed by atoms with Crippen molar-refractivity contribution in [3.63, 3.8) is 0 Å². The van der Waals surface area contributed by atoms with E-state index in [4.69, 9.17) is 16.7 Å². The van der Waals surface area contributed by atoms with Crippen LogP contribution in [0, 0.1) is 5.82 Å². The van der Waals surface area contributed by atoms with Crippen LogP contribution >= 0.6 is 11.6 Å². The van der Waals surface area contributed by atoms with E-state index in [1.54, 1.807) is 0 Å². The molecule has 0 spiro atoms. The summed E-state index contributed by atoms with van der Waals surface area (Å²) in [6, 6.07) is 3.83. The Bertz CT molecular complexity index is 564. The molecule has 0 fully saturated rings. The molecule has 0 radical (unpaired) electrons. The standard InChI is InChI=1S/C9H5ClFNO2/c10-7-5(11)2-1-4-3-6(13)9(14)12-8(4)7/h1-3,13H,(H,12,14). The van der Waals surface area contributed by atoms with E-state index in [1.807, 2.05) is 0 Å². The molecule has 3 nitrogen and oxygen atoms in total. The number of nitrogens with one attached hydrogen (secondary N) is 1. The number of aromatic nitrogens is 1. The lowest BCUT2D eigenvalue weighted by Crippen LogP contribution is -2.04. The van der Waals surface area contributed by atoms with Crippen LogP contribution in [0.2, 0.25) is 5.02 Å². The van der Waals surface area contributed by atoms with Crippen molar-refractivity contribution in [2.75, 3.05) is 0 Å². The van der Waals surface area contributed by atoms with Crippen molar-refractivity contribution in [1.29, 1.82) is 0 Å². The smallest absolute Gasteiger partial charge is 0.290 e. The van der Waals surface area contributed by atoms with Crippen LogP contribution in [-0.2, 0) is 0 Å². The highest BCUT2D eigenvalue weighted by Gasteiger charge is 2.07. The molecule has 0 amide bonds.